The first-order chi connectivity index (χ1) is 18.9. The fourth-order valence-electron chi connectivity index (χ4n) is 3.96. The van der Waals surface area contributed by atoms with Crippen molar-refractivity contribution in [1.29, 1.82) is 0 Å². The molecule has 0 fully saturated rings. The predicted octanol–water partition coefficient (Wildman–Crippen LogP) is 5.50. The molecular weight excluding hydrogens is 618 g/mol. The Kier molecular flexibility index (Phi) is 11.0. The van der Waals surface area contributed by atoms with E-state index in [1.807, 2.05) is 38.1 Å². The Labute approximate surface area is 249 Å². The van der Waals surface area contributed by atoms with E-state index in [4.69, 9.17) is 16.3 Å². The van der Waals surface area contributed by atoms with Crippen molar-refractivity contribution < 1.29 is 22.7 Å². The number of anilines is 1. The van der Waals surface area contributed by atoms with Crippen molar-refractivity contribution in [2.75, 3.05) is 24.5 Å². The van der Waals surface area contributed by atoms with E-state index in [1.165, 1.54) is 36.3 Å². The highest BCUT2D eigenvalue weighted by molar-refractivity contribution is 9.10. The zero-order valence-corrected chi connectivity index (χ0v) is 26.0. The molecule has 8 nitrogen and oxygen atoms in total. The highest BCUT2D eigenvalue weighted by atomic mass is 79.9. The molecule has 40 heavy (non-hydrogen) atoms. The zero-order chi connectivity index (χ0) is 29.4. The summed E-state index contributed by atoms with van der Waals surface area (Å²) in [5.41, 5.74) is 0.871. The summed E-state index contributed by atoms with van der Waals surface area (Å²) in [6.07, 6.45) is 0. The normalized spacial score (nSPS) is 12.1. The van der Waals surface area contributed by atoms with Crippen LogP contribution in [0.1, 0.15) is 26.3 Å². The second-order valence-corrected chi connectivity index (χ2v) is 12.8. The van der Waals surface area contributed by atoms with Crippen LogP contribution in [-0.2, 0) is 26.2 Å². The van der Waals surface area contributed by atoms with Crippen LogP contribution in [-0.4, -0.2) is 51.4 Å². The van der Waals surface area contributed by atoms with Gasteiger partial charge in [-0.15, -0.1) is 0 Å². The summed E-state index contributed by atoms with van der Waals surface area (Å²) in [5, 5.41) is 3.14. The van der Waals surface area contributed by atoms with Gasteiger partial charge in [-0.2, -0.15) is 0 Å². The molecule has 0 heterocycles. The number of halogens is 2. The monoisotopic (exact) mass is 649 g/mol. The summed E-state index contributed by atoms with van der Waals surface area (Å²) < 4.78 is 35.1. The molecule has 0 saturated carbocycles. The van der Waals surface area contributed by atoms with Gasteiger partial charge in [0.2, 0.25) is 11.8 Å². The van der Waals surface area contributed by atoms with E-state index in [9.17, 15) is 18.0 Å². The third-order valence-electron chi connectivity index (χ3n) is 6.11. The average molecular weight is 651 g/mol. The fraction of sp³-hybridized carbons (Fsp3) is 0.310. The lowest BCUT2D eigenvalue weighted by atomic mass is 10.1. The number of amides is 2. The van der Waals surface area contributed by atoms with Gasteiger partial charge in [0.25, 0.3) is 10.0 Å². The number of benzene rings is 3. The first-order valence-electron chi connectivity index (χ1n) is 12.7. The second-order valence-electron chi connectivity index (χ2n) is 9.61. The van der Waals surface area contributed by atoms with Gasteiger partial charge in [0.1, 0.15) is 18.3 Å². The van der Waals surface area contributed by atoms with Gasteiger partial charge in [0, 0.05) is 22.6 Å². The molecule has 0 aliphatic heterocycles. The van der Waals surface area contributed by atoms with Gasteiger partial charge in [0.05, 0.1) is 17.7 Å². The molecule has 0 spiro atoms. The molecule has 1 N–H and O–H groups in total. The number of nitrogens with one attached hydrogen (secondary N) is 1. The maximum Gasteiger partial charge on any atom is 0.264 e. The quantitative estimate of drug-likeness (QED) is 0.280. The lowest BCUT2D eigenvalue weighted by molar-refractivity contribution is -0.139. The summed E-state index contributed by atoms with van der Waals surface area (Å²) in [7, 11) is -2.83. The van der Waals surface area contributed by atoms with Crippen LogP contribution in [0.25, 0.3) is 0 Å². The SMILES string of the molecule is COc1ccc(Cl)cc1N(CC(=O)N(Cc1cccc(Br)c1)C(C)C(=O)NCC(C)C)S(=O)(=O)c1ccccc1. The Morgan fingerprint density at radius 1 is 1.00 bits per heavy atom. The van der Waals surface area contributed by atoms with Crippen molar-refractivity contribution in [3.63, 3.8) is 0 Å². The van der Waals surface area contributed by atoms with E-state index < -0.39 is 28.5 Å². The lowest BCUT2D eigenvalue weighted by Crippen LogP contribution is -2.51. The summed E-state index contributed by atoms with van der Waals surface area (Å²) in [4.78, 5) is 28.5. The number of carbonyl (C=O) groups excluding carboxylic acids is 2. The molecule has 2 amide bonds. The van der Waals surface area contributed by atoms with Gasteiger partial charge < -0.3 is 15.0 Å². The number of hydrogen-bond donors (Lipinski definition) is 1. The fourth-order valence-corrected chi connectivity index (χ4v) is 6.01. The van der Waals surface area contributed by atoms with Crippen LogP contribution in [0.15, 0.2) is 82.2 Å². The van der Waals surface area contributed by atoms with Crippen molar-refractivity contribution in [1.82, 2.24) is 10.2 Å². The minimum Gasteiger partial charge on any atom is -0.495 e. The van der Waals surface area contributed by atoms with E-state index in [0.717, 1.165) is 14.3 Å². The molecule has 11 heteroatoms. The van der Waals surface area contributed by atoms with Crippen LogP contribution in [0.4, 0.5) is 5.69 Å². The smallest absolute Gasteiger partial charge is 0.264 e. The van der Waals surface area contributed by atoms with E-state index >= 15 is 0 Å². The molecule has 1 atom stereocenters. The molecule has 0 saturated heterocycles. The summed E-state index contributed by atoms with van der Waals surface area (Å²) in [6, 6.07) is 18.8. The number of ether oxygens (including phenoxy) is 1. The lowest BCUT2D eigenvalue weighted by Gasteiger charge is -2.32. The van der Waals surface area contributed by atoms with Crippen LogP contribution >= 0.6 is 27.5 Å². The van der Waals surface area contributed by atoms with Crippen LogP contribution in [0.3, 0.4) is 0 Å². The summed E-state index contributed by atoms with van der Waals surface area (Å²) in [6.45, 7) is 5.50. The highest BCUT2D eigenvalue weighted by Crippen LogP contribution is 2.35. The standard InChI is InChI=1S/C29H33BrClN3O5S/c1-20(2)17-32-29(36)21(3)33(18-22-9-8-10-23(30)15-22)28(35)19-34(26-16-24(31)13-14-27(26)39-4)40(37,38)25-11-6-5-7-12-25/h5-16,20-21H,17-19H2,1-4H3,(H,32,36). The van der Waals surface area contributed by atoms with E-state index in [2.05, 4.69) is 21.2 Å². The number of hydrogen-bond acceptors (Lipinski definition) is 5. The van der Waals surface area contributed by atoms with Crippen molar-refractivity contribution in [2.45, 2.75) is 38.3 Å². The van der Waals surface area contributed by atoms with Crippen LogP contribution in [0.5, 0.6) is 5.75 Å². The zero-order valence-electron chi connectivity index (χ0n) is 22.8. The Morgan fingerprint density at radius 2 is 1.70 bits per heavy atom. The van der Waals surface area contributed by atoms with Gasteiger partial charge in [-0.1, -0.05) is 71.7 Å². The third kappa shape index (κ3) is 7.99. The minimum absolute atomic E-state index is 0.00825. The topological polar surface area (TPSA) is 96.0 Å². The van der Waals surface area contributed by atoms with Crippen molar-refractivity contribution in [2.24, 2.45) is 5.92 Å². The van der Waals surface area contributed by atoms with Crippen molar-refractivity contribution >= 4 is 55.1 Å². The van der Waals surface area contributed by atoms with Gasteiger partial charge in [-0.25, -0.2) is 8.42 Å². The third-order valence-corrected chi connectivity index (χ3v) is 8.62. The van der Waals surface area contributed by atoms with E-state index in [0.29, 0.717) is 6.54 Å². The van der Waals surface area contributed by atoms with Crippen LogP contribution < -0.4 is 14.4 Å². The first kappa shape index (κ1) is 31.4. The van der Waals surface area contributed by atoms with Gasteiger partial charge in [-0.05, 0) is 60.9 Å². The maximum absolute atomic E-state index is 14.0. The predicted molar refractivity (Wildman–Crippen MR) is 161 cm³/mol. The molecule has 0 aliphatic rings. The maximum atomic E-state index is 14.0. The molecule has 214 valence electrons. The highest BCUT2D eigenvalue weighted by Gasteiger charge is 2.34. The minimum atomic E-state index is -4.24. The second kappa shape index (κ2) is 14.0. The van der Waals surface area contributed by atoms with Gasteiger partial charge in [-0.3, -0.25) is 13.9 Å². The molecule has 3 rings (SSSR count). The molecule has 0 bridgehead atoms. The number of nitrogens with zero attached hydrogens (tertiary/aromatic N) is 2. The first-order valence-corrected chi connectivity index (χ1v) is 15.3. The Hall–Kier alpha value is -3.08. The van der Waals surface area contributed by atoms with Crippen molar-refractivity contribution in [3.8, 4) is 5.75 Å². The van der Waals surface area contributed by atoms with Crippen molar-refractivity contribution in [3.05, 3.63) is 87.9 Å². The number of sulfonamides is 1. The number of methoxy groups -OCH3 is 1. The molecule has 3 aromatic rings. The Bertz CT molecular complexity index is 1440. The summed E-state index contributed by atoms with van der Waals surface area (Å²) in [5.74, 6) is -0.478. The number of rotatable bonds is 12. The van der Waals surface area contributed by atoms with Gasteiger partial charge in [0.15, 0.2) is 0 Å². The van der Waals surface area contributed by atoms with Crippen LogP contribution in [0, 0.1) is 5.92 Å². The van der Waals surface area contributed by atoms with Crippen LogP contribution in [0.2, 0.25) is 5.02 Å². The molecule has 1 unspecified atom stereocenters. The summed E-state index contributed by atoms with van der Waals surface area (Å²) >= 11 is 9.70. The van der Waals surface area contributed by atoms with E-state index in [-0.39, 0.29) is 39.7 Å². The molecule has 3 aromatic carbocycles. The molecule has 0 aliphatic carbocycles. The molecule has 0 aromatic heterocycles. The molecular formula is C29H33BrClN3O5S. The Morgan fingerprint density at radius 3 is 2.33 bits per heavy atom. The number of carbonyl (C=O) groups is 2. The molecule has 0 radical (unpaired) electrons. The van der Waals surface area contributed by atoms with Gasteiger partial charge >= 0.3 is 0 Å². The Balaban J connectivity index is 2.07. The largest absolute Gasteiger partial charge is 0.495 e. The van der Waals surface area contributed by atoms with E-state index in [1.54, 1.807) is 31.2 Å². The average Bonchev–Trinajstić information content (AvgIpc) is 2.93.